The number of carbonyl (C=O) groups is 1. The van der Waals surface area contributed by atoms with Crippen LogP contribution in [0.15, 0.2) is 30.3 Å². The summed E-state index contributed by atoms with van der Waals surface area (Å²) < 4.78 is 0. The molecule has 0 bridgehead atoms. The standard InChI is InChI=1S/C15H22N2O.C2H6.H2/c18-15(9-12-17-10-5-2-6-11-17)16-13-14-7-3-1-4-8-14;1-2;/h1,3-4,7-8H,2,5-6,9-13H2,(H,16,18);1-2H3;1H. The largest absolute Gasteiger partial charge is 0.352 e. The third-order valence-corrected chi connectivity index (χ3v) is 3.44. The van der Waals surface area contributed by atoms with Crippen molar-refractivity contribution >= 4 is 5.91 Å². The highest BCUT2D eigenvalue weighted by Crippen LogP contribution is 2.08. The van der Waals surface area contributed by atoms with Crippen molar-refractivity contribution in [3.63, 3.8) is 0 Å². The Labute approximate surface area is 124 Å². The van der Waals surface area contributed by atoms with Gasteiger partial charge < -0.3 is 10.2 Å². The van der Waals surface area contributed by atoms with Gasteiger partial charge in [0.2, 0.25) is 5.91 Å². The number of piperidine rings is 1. The molecular weight excluding hydrogens is 248 g/mol. The smallest absolute Gasteiger partial charge is 0.221 e. The van der Waals surface area contributed by atoms with E-state index in [4.69, 9.17) is 0 Å². The SMILES string of the molecule is CC.O=C(CCN1CCCCC1)NCc1ccccc1.[HH]. The molecule has 1 fully saturated rings. The van der Waals surface area contributed by atoms with Crippen LogP contribution in [-0.4, -0.2) is 30.4 Å². The van der Waals surface area contributed by atoms with Crippen molar-refractivity contribution in [2.75, 3.05) is 19.6 Å². The van der Waals surface area contributed by atoms with Gasteiger partial charge in [-0.2, -0.15) is 0 Å². The van der Waals surface area contributed by atoms with Crippen molar-refractivity contribution in [1.82, 2.24) is 10.2 Å². The van der Waals surface area contributed by atoms with Gasteiger partial charge in [0.25, 0.3) is 0 Å². The molecule has 0 aliphatic carbocycles. The van der Waals surface area contributed by atoms with E-state index in [0.29, 0.717) is 13.0 Å². The number of benzene rings is 1. The van der Waals surface area contributed by atoms with E-state index in [0.717, 1.165) is 25.2 Å². The molecule has 1 N–H and O–H groups in total. The Morgan fingerprint density at radius 2 is 1.80 bits per heavy atom. The van der Waals surface area contributed by atoms with Crippen molar-refractivity contribution in [1.29, 1.82) is 0 Å². The molecule has 1 saturated heterocycles. The van der Waals surface area contributed by atoms with Crippen LogP contribution in [0.3, 0.4) is 0 Å². The summed E-state index contributed by atoms with van der Waals surface area (Å²) >= 11 is 0. The molecule has 0 saturated carbocycles. The lowest BCUT2D eigenvalue weighted by Crippen LogP contribution is -2.34. The quantitative estimate of drug-likeness (QED) is 0.894. The third-order valence-electron chi connectivity index (χ3n) is 3.44. The first-order valence-corrected chi connectivity index (χ1v) is 7.87. The van der Waals surface area contributed by atoms with E-state index in [2.05, 4.69) is 10.2 Å². The monoisotopic (exact) mass is 278 g/mol. The van der Waals surface area contributed by atoms with Crippen LogP contribution in [0.5, 0.6) is 0 Å². The second-order valence-corrected chi connectivity index (χ2v) is 4.91. The summed E-state index contributed by atoms with van der Waals surface area (Å²) in [6, 6.07) is 10.0. The van der Waals surface area contributed by atoms with Gasteiger partial charge >= 0.3 is 0 Å². The lowest BCUT2D eigenvalue weighted by molar-refractivity contribution is -0.121. The molecule has 0 unspecified atom stereocenters. The average Bonchev–Trinajstić information content (AvgIpc) is 2.55. The van der Waals surface area contributed by atoms with E-state index in [1.165, 1.54) is 19.3 Å². The van der Waals surface area contributed by atoms with Crippen LogP contribution >= 0.6 is 0 Å². The van der Waals surface area contributed by atoms with Crippen LogP contribution < -0.4 is 5.32 Å². The summed E-state index contributed by atoms with van der Waals surface area (Å²) in [5.74, 6) is 0.157. The molecule has 2 rings (SSSR count). The first kappa shape index (κ1) is 16.7. The summed E-state index contributed by atoms with van der Waals surface area (Å²) in [7, 11) is 0. The number of hydrogen-bond acceptors (Lipinski definition) is 2. The maximum atomic E-state index is 11.7. The Morgan fingerprint density at radius 3 is 2.45 bits per heavy atom. The zero-order chi connectivity index (χ0) is 14.6. The molecule has 20 heavy (non-hydrogen) atoms. The molecular formula is C17H30N2O. The molecule has 1 amide bonds. The molecule has 0 atom stereocenters. The number of amides is 1. The van der Waals surface area contributed by atoms with Gasteiger partial charge in [-0.3, -0.25) is 4.79 Å². The number of nitrogens with one attached hydrogen (secondary N) is 1. The number of carbonyl (C=O) groups excluding carboxylic acids is 1. The number of hydrogen-bond donors (Lipinski definition) is 1. The second kappa shape index (κ2) is 10.4. The Bertz CT molecular complexity index is 364. The maximum absolute atomic E-state index is 11.7. The predicted octanol–water partition coefficient (Wildman–Crippen LogP) is 3.45. The van der Waals surface area contributed by atoms with Gasteiger partial charge in [-0.1, -0.05) is 50.6 Å². The lowest BCUT2D eigenvalue weighted by Gasteiger charge is -2.25. The molecule has 3 nitrogen and oxygen atoms in total. The predicted molar refractivity (Wildman–Crippen MR) is 86.7 cm³/mol. The van der Waals surface area contributed by atoms with Crippen molar-refractivity contribution in [3.8, 4) is 0 Å². The van der Waals surface area contributed by atoms with E-state index in [1.54, 1.807) is 0 Å². The normalized spacial score (nSPS) is 15.1. The van der Waals surface area contributed by atoms with E-state index in [1.807, 2.05) is 44.2 Å². The highest BCUT2D eigenvalue weighted by atomic mass is 16.1. The van der Waals surface area contributed by atoms with Crippen LogP contribution in [0.25, 0.3) is 0 Å². The Balaban J connectivity index is 0.00000128. The first-order valence-electron chi connectivity index (χ1n) is 7.87. The van der Waals surface area contributed by atoms with Crippen LogP contribution in [0.2, 0.25) is 0 Å². The first-order chi connectivity index (χ1) is 9.84. The number of likely N-dealkylation sites (tertiary alicyclic amines) is 1. The van der Waals surface area contributed by atoms with Crippen molar-refractivity contribution in [2.24, 2.45) is 0 Å². The zero-order valence-corrected chi connectivity index (χ0v) is 12.9. The van der Waals surface area contributed by atoms with Crippen LogP contribution in [0.1, 0.15) is 46.5 Å². The molecule has 1 aliphatic rings. The summed E-state index contributed by atoms with van der Waals surface area (Å²) in [4.78, 5) is 14.1. The molecule has 1 aromatic carbocycles. The third kappa shape index (κ3) is 6.71. The zero-order valence-electron chi connectivity index (χ0n) is 12.9. The van der Waals surface area contributed by atoms with Crippen LogP contribution in [0, 0.1) is 0 Å². The molecule has 0 spiro atoms. The topological polar surface area (TPSA) is 32.3 Å². The van der Waals surface area contributed by atoms with Gasteiger partial charge in [0.1, 0.15) is 0 Å². The van der Waals surface area contributed by atoms with Crippen molar-refractivity contribution < 1.29 is 6.22 Å². The van der Waals surface area contributed by atoms with Gasteiger partial charge in [0, 0.05) is 20.9 Å². The summed E-state index contributed by atoms with van der Waals surface area (Å²) in [5.41, 5.74) is 1.16. The van der Waals surface area contributed by atoms with Crippen molar-refractivity contribution in [3.05, 3.63) is 35.9 Å². The fraction of sp³-hybridized carbons (Fsp3) is 0.588. The fourth-order valence-electron chi connectivity index (χ4n) is 2.33. The van der Waals surface area contributed by atoms with Gasteiger partial charge in [-0.05, 0) is 31.5 Å². The maximum Gasteiger partial charge on any atom is 0.221 e. The minimum Gasteiger partial charge on any atom is -0.352 e. The summed E-state index contributed by atoms with van der Waals surface area (Å²) in [6.07, 6.45) is 4.53. The molecule has 1 aromatic rings. The van der Waals surface area contributed by atoms with Gasteiger partial charge in [0.05, 0.1) is 0 Å². The van der Waals surface area contributed by atoms with Crippen molar-refractivity contribution in [2.45, 2.75) is 46.1 Å². The Kier molecular flexibility index (Phi) is 8.72. The molecule has 114 valence electrons. The van der Waals surface area contributed by atoms with Gasteiger partial charge in [-0.25, -0.2) is 0 Å². The van der Waals surface area contributed by atoms with Crippen LogP contribution in [0.4, 0.5) is 0 Å². The molecule has 0 radical (unpaired) electrons. The molecule has 3 heteroatoms. The number of nitrogens with zero attached hydrogens (tertiary/aromatic N) is 1. The molecule has 1 heterocycles. The van der Waals surface area contributed by atoms with E-state index in [-0.39, 0.29) is 7.33 Å². The minimum absolute atomic E-state index is 0. The summed E-state index contributed by atoms with van der Waals surface area (Å²) in [5, 5.41) is 2.97. The fourth-order valence-corrected chi connectivity index (χ4v) is 2.33. The second-order valence-electron chi connectivity index (χ2n) is 4.91. The highest BCUT2D eigenvalue weighted by molar-refractivity contribution is 5.76. The van der Waals surface area contributed by atoms with E-state index in [9.17, 15) is 4.79 Å². The van der Waals surface area contributed by atoms with Crippen LogP contribution in [-0.2, 0) is 11.3 Å². The Morgan fingerprint density at radius 1 is 1.15 bits per heavy atom. The lowest BCUT2D eigenvalue weighted by atomic mass is 10.1. The highest BCUT2D eigenvalue weighted by Gasteiger charge is 2.11. The van der Waals surface area contributed by atoms with Gasteiger partial charge in [0.15, 0.2) is 0 Å². The molecule has 0 aromatic heterocycles. The Hall–Kier alpha value is -1.35. The van der Waals surface area contributed by atoms with Gasteiger partial charge in [-0.15, -0.1) is 0 Å². The number of rotatable bonds is 5. The molecule has 1 aliphatic heterocycles. The minimum atomic E-state index is 0. The summed E-state index contributed by atoms with van der Waals surface area (Å²) in [6.45, 7) is 7.86. The van der Waals surface area contributed by atoms with E-state index >= 15 is 0 Å². The van der Waals surface area contributed by atoms with E-state index < -0.39 is 0 Å². The average molecular weight is 278 g/mol.